The molecule has 2 aromatic carbocycles. The van der Waals surface area contributed by atoms with Gasteiger partial charge < -0.3 is 0 Å². The normalized spacial score (nSPS) is 12.4. The summed E-state index contributed by atoms with van der Waals surface area (Å²) < 4.78 is 39.2. The zero-order valence-corrected chi connectivity index (χ0v) is 11.1. The lowest BCUT2D eigenvalue weighted by Gasteiger charge is -2.17. The highest BCUT2D eigenvalue weighted by atomic mass is 35.5. The van der Waals surface area contributed by atoms with Gasteiger partial charge in [0.15, 0.2) is 11.6 Å². The van der Waals surface area contributed by atoms with Crippen molar-refractivity contribution >= 4 is 11.6 Å². The van der Waals surface area contributed by atoms with Gasteiger partial charge in [-0.05, 0) is 41.8 Å². The highest BCUT2D eigenvalue weighted by Crippen LogP contribution is 2.23. The smallest absolute Gasteiger partial charge is 0.159 e. The fraction of sp³-hybridized carbons (Fsp3) is 0.143. The molecule has 0 aliphatic carbocycles. The standard InChI is InChI=1S/C14H12ClF3N2/c15-10-5-8(1-3-11(10)16)6-14(20-19)9-2-4-12(17)13(18)7-9/h1-5,7,14,20H,6,19H2. The van der Waals surface area contributed by atoms with Gasteiger partial charge in [-0.3, -0.25) is 11.3 Å². The number of rotatable bonds is 4. The quantitative estimate of drug-likeness (QED) is 0.670. The van der Waals surface area contributed by atoms with Crippen molar-refractivity contribution in [2.45, 2.75) is 12.5 Å². The van der Waals surface area contributed by atoms with Crippen LogP contribution in [0, 0.1) is 17.5 Å². The van der Waals surface area contributed by atoms with Gasteiger partial charge in [0.25, 0.3) is 0 Å². The fourth-order valence-corrected chi connectivity index (χ4v) is 2.11. The van der Waals surface area contributed by atoms with Crippen molar-refractivity contribution in [1.82, 2.24) is 5.43 Å². The van der Waals surface area contributed by atoms with E-state index in [4.69, 9.17) is 17.4 Å². The SMILES string of the molecule is NNC(Cc1ccc(F)c(Cl)c1)c1ccc(F)c(F)c1. The largest absolute Gasteiger partial charge is 0.271 e. The van der Waals surface area contributed by atoms with Crippen molar-refractivity contribution in [1.29, 1.82) is 0 Å². The molecule has 1 unspecified atom stereocenters. The predicted octanol–water partition coefficient (Wildman–Crippen LogP) is 3.50. The Morgan fingerprint density at radius 3 is 2.30 bits per heavy atom. The zero-order valence-electron chi connectivity index (χ0n) is 10.3. The Morgan fingerprint density at radius 2 is 1.70 bits per heavy atom. The van der Waals surface area contributed by atoms with Crippen LogP contribution in [0.2, 0.25) is 5.02 Å². The first-order chi connectivity index (χ1) is 9.51. The van der Waals surface area contributed by atoms with E-state index in [0.717, 1.165) is 17.7 Å². The van der Waals surface area contributed by atoms with Crippen LogP contribution in [0.3, 0.4) is 0 Å². The maximum absolute atomic E-state index is 13.2. The van der Waals surface area contributed by atoms with Gasteiger partial charge in [-0.1, -0.05) is 23.7 Å². The van der Waals surface area contributed by atoms with Gasteiger partial charge in [0.1, 0.15) is 5.82 Å². The first-order valence-corrected chi connectivity index (χ1v) is 6.24. The Balaban J connectivity index is 2.23. The summed E-state index contributed by atoms with van der Waals surface area (Å²) in [6.07, 6.45) is 0.363. The van der Waals surface area contributed by atoms with E-state index < -0.39 is 23.5 Å². The Hall–Kier alpha value is -1.56. The number of nitrogens with two attached hydrogens (primary N) is 1. The molecule has 0 amide bonds. The molecule has 20 heavy (non-hydrogen) atoms. The number of nitrogens with one attached hydrogen (secondary N) is 1. The van der Waals surface area contributed by atoms with Gasteiger partial charge >= 0.3 is 0 Å². The summed E-state index contributed by atoms with van der Waals surface area (Å²) >= 11 is 5.70. The number of hydrogen-bond acceptors (Lipinski definition) is 2. The minimum absolute atomic E-state index is 0.00329. The van der Waals surface area contributed by atoms with E-state index in [-0.39, 0.29) is 5.02 Å². The van der Waals surface area contributed by atoms with E-state index in [1.54, 1.807) is 6.07 Å². The minimum atomic E-state index is -0.945. The lowest BCUT2D eigenvalue weighted by atomic mass is 9.99. The molecule has 0 aliphatic heterocycles. The second-order valence-electron chi connectivity index (χ2n) is 4.35. The van der Waals surface area contributed by atoms with E-state index in [2.05, 4.69) is 5.43 Å². The van der Waals surface area contributed by atoms with Crippen molar-refractivity contribution in [3.8, 4) is 0 Å². The average Bonchev–Trinajstić information content (AvgIpc) is 2.43. The fourth-order valence-electron chi connectivity index (χ4n) is 1.90. The van der Waals surface area contributed by atoms with E-state index in [1.807, 2.05) is 0 Å². The predicted molar refractivity (Wildman–Crippen MR) is 71.5 cm³/mol. The van der Waals surface area contributed by atoms with Gasteiger partial charge in [-0.25, -0.2) is 13.2 Å². The molecule has 0 aromatic heterocycles. The van der Waals surface area contributed by atoms with Crippen LogP contribution in [0.4, 0.5) is 13.2 Å². The van der Waals surface area contributed by atoms with Gasteiger partial charge in [0, 0.05) is 0 Å². The van der Waals surface area contributed by atoms with E-state index in [0.29, 0.717) is 12.0 Å². The topological polar surface area (TPSA) is 38.0 Å². The molecule has 1 atom stereocenters. The zero-order chi connectivity index (χ0) is 14.7. The van der Waals surface area contributed by atoms with E-state index >= 15 is 0 Å². The Kier molecular flexibility index (Phi) is 4.65. The average molecular weight is 301 g/mol. The highest BCUT2D eigenvalue weighted by molar-refractivity contribution is 6.30. The maximum Gasteiger partial charge on any atom is 0.159 e. The molecule has 106 valence electrons. The number of benzene rings is 2. The third-order valence-corrected chi connectivity index (χ3v) is 3.26. The monoisotopic (exact) mass is 300 g/mol. The third kappa shape index (κ3) is 3.30. The molecule has 2 rings (SSSR count). The Morgan fingerprint density at radius 1 is 1.00 bits per heavy atom. The molecule has 0 heterocycles. The molecule has 2 aromatic rings. The van der Waals surface area contributed by atoms with Crippen LogP contribution in [0.15, 0.2) is 36.4 Å². The summed E-state index contributed by atoms with van der Waals surface area (Å²) in [6.45, 7) is 0. The lowest BCUT2D eigenvalue weighted by molar-refractivity contribution is 0.497. The first-order valence-electron chi connectivity index (χ1n) is 5.86. The summed E-state index contributed by atoms with van der Waals surface area (Å²) in [5.74, 6) is 3.06. The van der Waals surface area contributed by atoms with Gasteiger partial charge in [-0.2, -0.15) is 0 Å². The number of hydrazine groups is 1. The summed E-state index contributed by atoms with van der Waals surface area (Å²) in [5, 5.41) is 0.00329. The number of halogens is 4. The molecular weight excluding hydrogens is 289 g/mol. The molecule has 0 fully saturated rings. The molecular formula is C14H12ClF3N2. The summed E-state index contributed by atoms with van der Waals surface area (Å²) in [4.78, 5) is 0. The minimum Gasteiger partial charge on any atom is -0.271 e. The highest BCUT2D eigenvalue weighted by Gasteiger charge is 2.14. The molecule has 0 spiro atoms. The molecule has 3 N–H and O–H groups in total. The van der Waals surface area contributed by atoms with E-state index in [1.165, 1.54) is 18.2 Å². The third-order valence-electron chi connectivity index (χ3n) is 2.97. The van der Waals surface area contributed by atoms with Crippen molar-refractivity contribution in [3.05, 3.63) is 70.0 Å². The Bertz CT molecular complexity index is 619. The van der Waals surface area contributed by atoms with Gasteiger partial charge in [0.05, 0.1) is 11.1 Å². The van der Waals surface area contributed by atoms with Crippen LogP contribution in [0.5, 0.6) is 0 Å². The molecule has 0 saturated heterocycles. The summed E-state index contributed by atoms with van der Waals surface area (Å²) in [5.41, 5.74) is 3.74. The molecule has 6 heteroatoms. The van der Waals surface area contributed by atoms with Crippen LogP contribution in [0.1, 0.15) is 17.2 Å². The van der Waals surface area contributed by atoms with E-state index in [9.17, 15) is 13.2 Å². The van der Waals surface area contributed by atoms with Crippen LogP contribution >= 0.6 is 11.6 Å². The lowest BCUT2D eigenvalue weighted by Crippen LogP contribution is -2.29. The van der Waals surface area contributed by atoms with Crippen LogP contribution < -0.4 is 11.3 Å². The molecule has 0 saturated carbocycles. The molecule has 0 bridgehead atoms. The van der Waals surface area contributed by atoms with Crippen molar-refractivity contribution in [2.24, 2.45) is 5.84 Å². The van der Waals surface area contributed by atoms with Gasteiger partial charge in [0.2, 0.25) is 0 Å². The maximum atomic E-state index is 13.2. The molecule has 2 nitrogen and oxygen atoms in total. The summed E-state index contributed by atoms with van der Waals surface area (Å²) in [6, 6.07) is 7.39. The summed E-state index contributed by atoms with van der Waals surface area (Å²) in [7, 11) is 0. The van der Waals surface area contributed by atoms with Crippen LogP contribution in [-0.4, -0.2) is 0 Å². The van der Waals surface area contributed by atoms with Crippen LogP contribution in [-0.2, 0) is 6.42 Å². The molecule has 0 radical (unpaired) electrons. The van der Waals surface area contributed by atoms with Gasteiger partial charge in [-0.15, -0.1) is 0 Å². The van der Waals surface area contributed by atoms with Crippen molar-refractivity contribution in [2.75, 3.05) is 0 Å². The first kappa shape index (κ1) is 14.8. The number of hydrogen-bond donors (Lipinski definition) is 2. The van der Waals surface area contributed by atoms with Crippen LogP contribution in [0.25, 0.3) is 0 Å². The second-order valence-corrected chi connectivity index (χ2v) is 4.75. The van der Waals surface area contributed by atoms with Crippen molar-refractivity contribution < 1.29 is 13.2 Å². The second kappa shape index (κ2) is 6.26. The Labute approximate surface area is 119 Å². The van der Waals surface area contributed by atoms with Crippen molar-refractivity contribution in [3.63, 3.8) is 0 Å². The molecule has 0 aliphatic rings.